The molecule has 1 nitrogen and oxygen atoms in total. The van der Waals surface area contributed by atoms with Gasteiger partial charge in [-0.15, -0.1) is 0 Å². The van der Waals surface area contributed by atoms with Crippen molar-refractivity contribution in [2.24, 2.45) is 11.8 Å². The molecule has 3 aromatic carbocycles. The molecule has 3 aromatic rings. The highest BCUT2D eigenvalue weighted by Crippen LogP contribution is 2.40. The molecule has 0 saturated heterocycles. The van der Waals surface area contributed by atoms with E-state index in [2.05, 4.69) is 77.9 Å². The lowest BCUT2D eigenvalue weighted by Gasteiger charge is -2.26. The quantitative estimate of drug-likeness (QED) is 0.221. The molecule has 0 heterocycles. The van der Waals surface area contributed by atoms with E-state index in [9.17, 15) is 0 Å². The van der Waals surface area contributed by atoms with Gasteiger partial charge in [-0.1, -0.05) is 104 Å². The van der Waals surface area contributed by atoms with Crippen molar-refractivity contribution < 1.29 is 9.13 Å². The van der Waals surface area contributed by atoms with Crippen molar-refractivity contribution in [1.82, 2.24) is 0 Å². The molecular weight excluding hydrogens is 491 g/mol. The van der Waals surface area contributed by atoms with Crippen molar-refractivity contribution in [2.45, 2.75) is 112 Å². The summed E-state index contributed by atoms with van der Waals surface area (Å²) < 4.78 is 22.3. The van der Waals surface area contributed by atoms with Gasteiger partial charge in [-0.25, -0.2) is 4.39 Å². The summed E-state index contributed by atoms with van der Waals surface area (Å²) in [5.74, 6) is 3.13. The fourth-order valence-corrected chi connectivity index (χ4v) is 6.76. The maximum Gasteiger partial charge on any atom is 0.131 e. The van der Waals surface area contributed by atoms with Crippen molar-refractivity contribution in [3.8, 4) is 28.0 Å². The van der Waals surface area contributed by atoms with Crippen LogP contribution in [0.2, 0.25) is 0 Å². The third-order valence-electron chi connectivity index (χ3n) is 9.58. The minimum absolute atomic E-state index is 0.149. The average molecular weight is 543 g/mol. The highest BCUT2D eigenvalue weighted by atomic mass is 19.1. The first-order valence-electron chi connectivity index (χ1n) is 16.1. The fraction of sp³-hybridized carbons (Fsp3) is 0.526. The van der Waals surface area contributed by atoms with Crippen LogP contribution in [0.15, 0.2) is 48.5 Å². The third-order valence-corrected chi connectivity index (χ3v) is 9.58. The summed E-state index contributed by atoms with van der Waals surface area (Å²) in [6.45, 7) is 14.2. The van der Waals surface area contributed by atoms with E-state index in [1.807, 2.05) is 6.07 Å². The van der Waals surface area contributed by atoms with Gasteiger partial charge < -0.3 is 4.74 Å². The molecule has 1 saturated carbocycles. The lowest BCUT2D eigenvalue weighted by Crippen LogP contribution is -2.10. The van der Waals surface area contributed by atoms with Crippen molar-refractivity contribution in [3.63, 3.8) is 0 Å². The van der Waals surface area contributed by atoms with Crippen molar-refractivity contribution in [3.05, 3.63) is 76.6 Å². The highest BCUT2D eigenvalue weighted by molar-refractivity contribution is 5.76. The van der Waals surface area contributed by atoms with E-state index in [4.69, 9.17) is 4.74 Å². The van der Waals surface area contributed by atoms with Gasteiger partial charge in [0.25, 0.3) is 0 Å². The second-order valence-corrected chi connectivity index (χ2v) is 12.0. The van der Waals surface area contributed by atoms with E-state index in [1.54, 1.807) is 6.07 Å². The first kappa shape index (κ1) is 30.4. The van der Waals surface area contributed by atoms with Crippen molar-refractivity contribution in [2.75, 3.05) is 6.61 Å². The Balaban J connectivity index is 1.61. The molecular formula is C38H51FO. The Morgan fingerprint density at radius 3 is 1.98 bits per heavy atom. The topological polar surface area (TPSA) is 9.23 Å². The van der Waals surface area contributed by atoms with Gasteiger partial charge in [-0.3, -0.25) is 0 Å². The average Bonchev–Trinajstić information content (AvgIpc) is 2.99. The molecule has 0 N–H and O–H groups in total. The summed E-state index contributed by atoms with van der Waals surface area (Å²) in [6.07, 6.45) is 11.3. The minimum Gasteiger partial charge on any atom is -0.493 e. The molecule has 1 aliphatic carbocycles. The van der Waals surface area contributed by atoms with E-state index in [0.29, 0.717) is 17.4 Å². The molecule has 0 spiro atoms. The Bertz CT molecular complexity index is 1230. The van der Waals surface area contributed by atoms with Gasteiger partial charge >= 0.3 is 0 Å². The summed E-state index contributed by atoms with van der Waals surface area (Å²) in [5.41, 5.74) is 8.82. The number of halogens is 1. The first-order chi connectivity index (χ1) is 19.4. The van der Waals surface area contributed by atoms with Crippen LogP contribution < -0.4 is 4.74 Å². The molecule has 40 heavy (non-hydrogen) atoms. The van der Waals surface area contributed by atoms with Crippen LogP contribution in [0, 0.1) is 17.7 Å². The number of benzene rings is 3. The van der Waals surface area contributed by atoms with E-state index in [-0.39, 0.29) is 5.82 Å². The summed E-state index contributed by atoms with van der Waals surface area (Å²) >= 11 is 0. The molecule has 2 heteroatoms. The lowest BCUT2D eigenvalue weighted by atomic mass is 9.79. The van der Waals surface area contributed by atoms with Gasteiger partial charge in [0.05, 0.1) is 6.61 Å². The van der Waals surface area contributed by atoms with Gasteiger partial charge in [0.1, 0.15) is 11.6 Å². The molecule has 216 valence electrons. The van der Waals surface area contributed by atoms with Crippen molar-refractivity contribution in [1.29, 1.82) is 0 Å². The SMILES string of the molecule is CCc1cc(-c2ccc(-c3ccc(C4CCC(C)CC4)cc3)cc2F)c(CC)c(CC)c1OCCC(CC)CC. The Morgan fingerprint density at radius 1 is 0.750 bits per heavy atom. The summed E-state index contributed by atoms with van der Waals surface area (Å²) in [5, 5.41) is 0. The van der Waals surface area contributed by atoms with E-state index in [0.717, 1.165) is 60.6 Å². The Hall–Kier alpha value is -2.61. The van der Waals surface area contributed by atoms with Crippen LogP contribution in [0.25, 0.3) is 22.3 Å². The van der Waals surface area contributed by atoms with Crippen LogP contribution in [0.3, 0.4) is 0 Å². The van der Waals surface area contributed by atoms with E-state index in [1.165, 1.54) is 60.8 Å². The smallest absolute Gasteiger partial charge is 0.131 e. The number of hydrogen-bond acceptors (Lipinski definition) is 1. The van der Waals surface area contributed by atoms with Crippen LogP contribution in [0.5, 0.6) is 5.75 Å². The van der Waals surface area contributed by atoms with Crippen LogP contribution >= 0.6 is 0 Å². The van der Waals surface area contributed by atoms with Crippen LogP contribution in [-0.2, 0) is 19.3 Å². The van der Waals surface area contributed by atoms with Crippen molar-refractivity contribution >= 4 is 0 Å². The van der Waals surface area contributed by atoms with E-state index < -0.39 is 0 Å². The molecule has 0 bridgehead atoms. The van der Waals surface area contributed by atoms with Gasteiger partial charge in [-0.2, -0.15) is 0 Å². The van der Waals surface area contributed by atoms with Gasteiger partial charge in [0.2, 0.25) is 0 Å². The summed E-state index contributed by atoms with van der Waals surface area (Å²) in [7, 11) is 0. The molecule has 0 amide bonds. The molecule has 1 fully saturated rings. The van der Waals surface area contributed by atoms with Crippen LogP contribution in [0.1, 0.15) is 115 Å². The molecule has 0 aromatic heterocycles. The zero-order valence-electron chi connectivity index (χ0n) is 25.9. The second kappa shape index (κ2) is 14.3. The molecule has 0 radical (unpaired) electrons. The predicted octanol–water partition coefficient (Wildman–Crippen LogP) is 11.3. The van der Waals surface area contributed by atoms with Gasteiger partial charge in [0.15, 0.2) is 0 Å². The normalized spacial score (nSPS) is 17.4. The monoisotopic (exact) mass is 542 g/mol. The number of ether oxygens (including phenoxy) is 1. The summed E-state index contributed by atoms with van der Waals surface area (Å²) in [6, 6.07) is 16.9. The Morgan fingerprint density at radius 2 is 1.40 bits per heavy atom. The third kappa shape index (κ3) is 6.81. The lowest BCUT2D eigenvalue weighted by molar-refractivity contribution is 0.267. The van der Waals surface area contributed by atoms with Crippen LogP contribution in [-0.4, -0.2) is 6.61 Å². The van der Waals surface area contributed by atoms with Gasteiger partial charge in [0, 0.05) is 5.56 Å². The largest absolute Gasteiger partial charge is 0.493 e. The van der Waals surface area contributed by atoms with Crippen LogP contribution in [0.4, 0.5) is 4.39 Å². The maximum absolute atomic E-state index is 15.9. The predicted molar refractivity (Wildman–Crippen MR) is 170 cm³/mol. The number of aryl methyl sites for hydroxylation is 1. The number of hydrogen-bond donors (Lipinski definition) is 0. The van der Waals surface area contributed by atoms with E-state index >= 15 is 4.39 Å². The van der Waals surface area contributed by atoms with Gasteiger partial charge in [-0.05, 0) is 107 Å². The Labute approximate surface area is 243 Å². The fourth-order valence-electron chi connectivity index (χ4n) is 6.76. The minimum atomic E-state index is -0.149. The number of rotatable bonds is 12. The highest BCUT2D eigenvalue weighted by Gasteiger charge is 2.21. The Kier molecular flexibility index (Phi) is 10.9. The molecule has 0 atom stereocenters. The molecule has 4 rings (SSSR count). The zero-order valence-corrected chi connectivity index (χ0v) is 25.9. The molecule has 0 unspecified atom stereocenters. The zero-order chi connectivity index (χ0) is 28.6. The first-order valence-corrected chi connectivity index (χ1v) is 16.1. The standard InChI is InChI=1S/C38H51FO/c1-7-27(8-2)22-23-40-38-28(9-3)24-36(33(10-4)34(38)11-5)35-21-20-32(25-37(35)39)31-18-16-30(17-19-31)29-14-12-26(6)13-15-29/h16-21,24-27,29H,7-15,22-23H2,1-6H3. The second-order valence-electron chi connectivity index (χ2n) is 12.0. The summed E-state index contributed by atoms with van der Waals surface area (Å²) in [4.78, 5) is 0. The molecule has 1 aliphatic rings. The maximum atomic E-state index is 15.9. The molecule has 0 aliphatic heterocycles.